The summed E-state index contributed by atoms with van der Waals surface area (Å²) in [6.07, 6.45) is 11.2. The second-order valence-corrected chi connectivity index (χ2v) is 11.5. The molecule has 2 bridgehead atoms. The van der Waals surface area contributed by atoms with Gasteiger partial charge < -0.3 is 24.3 Å². The summed E-state index contributed by atoms with van der Waals surface area (Å²) in [5.41, 5.74) is 5.50. The van der Waals surface area contributed by atoms with Crippen LogP contribution < -0.4 is 0 Å². The number of allylic oxidation sites excluding steroid dienone is 3. The molecule has 3 heterocycles. The van der Waals surface area contributed by atoms with Gasteiger partial charge in [-0.3, -0.25) is 0 Å². The summed E-state index contributed by atoms with van der Waals surface area (Å²) in [5.74, 6) is 0.335. The summed E-state index contributed by atoms with van der Waals surface area (Å²) in [5, 5.41) is 22.0. The largest absolute Gasteiger partial charge is 0.443 e. The first-order valence-electron chi connectivity index (χ1n) is 12.5. The van der Waals surface area contributed by atoms with E-state index in [1.165, 1.54) is 23.1 Å². The molecular weight excluding hydrogens is 428 g/mol. The van der Waals surface area contributed by atoms with Crippen LogP contribution in [0, 0.1) is 11.3 Å². The predicted octanol–water partition coefficient (Wildman–Crippen LogP) is 3.85. The number of aliphatic hydroxyl groups excluding tert-OH is 2. The number of nitrogens with zero attached hydrogens (tertiary/aromatic N) is 2. The van der Waals surface area contributed by atoms with Gasteiger partial charge >= 0.3 is 0 Å². The fourth-order valence-corrected chi connectivity index (χ4v) is 7.97. The number of benzene rings is 1. The van der Waals surface area contributed by atoms with Crippen LogP contribution in [-0.2, 0) is 4.74 Å². The van der Waals surface area contributed by atoms with Crippen molar-refractivity contribution in [2.24, 2.45) is 11.3 Å². The molecular formula is C28H32N2O4. The van der Waals surface area contributed by atoms with E-state index < -0.39 is 17.8 Å². The van der Waals surface area contributed by atoms with Gasteiger partial charge in [-0.05, 0) is 80.6 Å². The van der Waals surface area contributed by atoms with Gasteiger partial charge in [0, 0.05) is 17.4 Å². The first-order valence-corrected chi connectivity index (χ1v) is 12.5. The van der Waals surface area contributed by atoms with Crippen LogP contribution in [0.5, 0.6) is 0 Å². The second-order valence-electron chi connectivity index (χ2n) is 11.5. The quantitative estimate of drug-likeness (QED) is 0.709. The number of hydrogen-bond donors (Lipinski definition) is 2. The highest BCUT2D eigenvalue weighted by Crippen LogP contribution is 2.67. The van der Waals surface area contributed by atoms with Gasteiger partial charge in [-0.1, -0.05) is 31.2 Å². The third-order valence-electron chi connectivity index (χ3n) is 9.73. The van der Waals surface area contributed by atoms with Crippen molar-refractivity contribution in [3.8, 4) is 0 Å². The Morgan fingerprint density at radius 1 is 1.15 bits per heavy atom. The molecule has 7 unspecified atom stereocenters. The van der Waals surface area contributed by atoms with Crippen molar-refractivity contribution in [2.75, 3.05) is 14.1 Å². The summed E-state index contributed by atoms with van der Waals surface area (Å²) in [6.45, 7) is 2.39. The summed E-state index contributed by atoms with van der Waals surface area (Å²) in [7, 11) is 3.95. The molecule has 1 saturated heterocycles. The number of oxazole rings is 1. The second kappa shape index (κ2) is 6.70. The fraction of sp³-hybridized carbons (Fsp3) is 0.536. The molecule has 7 rings (SSSR count). The van der Waals surface area contributed by atoms with Gasteiger partial charge in [0.1, 0.15) is 11.6 Å². The highest BCUT2D eigenvalue weighted by atomic mass is 16.5. The molecule has 2 fully saturated rings. The zero-order chi connectivity index (χ0) is 23.5. The molecule has 5 aliphatic rings. The van der Waals surface area contributed by atoms with Gasteiger partial charge in [-0.15, -0.1) is 0 Å². The SMILES string of the molecule is CN(C)C1CC23CCC4(O2)C(=CCC2(C)C(c5ccc6ocnc6c5)=CCC24)C=C3C(O)C1O. The lowest BCUT2D eigenvalue weighted by atomic mass is 9.58. The van der Waals surface area contributed by atoms with Gasteiger partial charge in [-0.2, -0.15) is 0 Å². The number of fused-ring (bicyclic) bond motifs is 2. The van der Waals surface area contributed by atoms with Crippen molar-refractivity contribution >= 4 is 16.7 Å². The van der Waals surface area contributed by atoms with E-state index in [2.05, 4.69) is 42.3 Å². The van der Waals surface area contributed by atoms with Gasteiger partial charge in [0.15, 0.2) is 12.0 Å². The predicted molar refractivity (Wildman–Crippen MR) is 129 cm³/mol. The van der Waals surface area contributed by atoms with E-state index in [9.17, 15) is 10.2 Å². The number of ether oxygens (including phenoxy) is 1. The Morgan fingerprint density at radius 3 is 2.82 bits per heavy atom. The molecule has 0 amide bonds. The minimum absolute atomic E-state index is 0.0362. The molecule has 2 aromatic rings. The van der Waals surface area contributed by atoms with Crippen LogP contribution in [0.25, 0.3) is 16.7 Å². The van der Waals surface area contributed by atoms with E-state index in [0.29, 0.717) is 12.3 Å². The van der Waals surface area contributed by atoms with E-state index in [1.807, 2.05) is 25.1 Å². The summed E-state index contributed by atoms with van der Waals surface area (Å²) in [4.78, 5) is 6.40. The Labute approximate surface area is 199 Å². The Balaban J connectivity index is 1.30. The van der Waals surface area contributed by atoms with E-state index in [1.54, 1.807) is 0 Å². The first kappa shape index (κ1) is 21.1. The molecule has 34 heavy (non-hydrogen) atoms. The standard InChI is InChI=1S/C28H32N2O4/c1-26-9-8-17-13-19-24(31)25(32)21(30(2)3)14-27(19)10-11-28(17,34-27)23(26)7-5-18(26)16-4-6-22-20(12-16)29-15-33-22/h4-6,8,12-13,15,21,23-25,31-32H,7,9-11,14H2,1-3H3. The maximum atomic E-state index is 11.1. The van der Waals surface area contributed by atoms with Gasteiger partial charge in [0.2, 0.25) is 0 Å². The van der Waals surface area contributed by atoms with Crippen molar-refractivity contribution in [1.29, 1.82) is 0 Å². The lowest BCUT2D eigenvalue weighted by Crippen LogP contribution is -2.61. The highest BCUT2D eigenvalue weighted by molar-refractivity contribution is 5.82. The highest BCUT2D eigenvalue weighted by Gasteiger charge is 2.67. The molecule has 1 aromatic heterocycles. The zero-order valence-corrected chi connectivity index (χ0v) is 20.0. The number of aromatic nitrogens is 1. The number of likely N-dealkylation sites (N-methyl/N-ethyl adjacent to an activating group) is 1. The maximum Gasteiger partial charge on any atom is 0.181 e. The van der Waals surface area contributed by atoms with Gasteiger partial charge in [-0.25, -0.2) is 4.98 Å². The molecule has 6 nitrogen and oxygen atoms in total. The van der Waals surface area contributed by atoms with Crippen LogP contribution in [0.4, 0.5) is 0 Å². The normalized spacial score (nSPS) is 42.7. The van der Waals surface area contributed by atoms with Crippen LogP contribution in [0.1, 0.15) is 44.6 Å². The summed E-state index contributed by atoms with van der Waals surface area (Å²) in [6, 6.07) is 6.19. The topological polar surface area (TPSA) is 79.0 Å². The molecule has 3 aliphatic carbocycles. The number of rotatable bonds is 2. The minimum Gasteiger partial charge on any atom is -0.443 e. The smallest absolute Gasteiger partial charge is 0.181 e. The van der Waals surface area contributed by atoms with Crippen LogP contribution in [0.3, 0.4) is 0 Å². The molecule has 7 atom stereocenters. The van der Waals surface area contributed by atoms with Crippen LogP contribution in [0.15, 0.2) is 58.4 Å². The van der Waals surface area contributed by atoms with Crippen LogP contribution in [0.2, 0.25) is 0 Å². The van der Waals surface area contributed by atoms with Crippen molar-refractivity contribution in [3.05, 3.63) is 59.5 Å². The molecule has 2 N–H and O–H groups in total. The number of hydrogen-bond acceptors (Lipinski definition) is 6. The Hall–Kier alpha value is -2.25. The average molecular weight is 461 g/mol. The molecule has 2 aliphatic heterocycles. The van der Waals surface area contributed by atoms with Crippen molar-refractivity contribution in [1.82, 2.24) is 9.88 Å². The van der Waals surface area contributed by atoms with Gasteiger partial charge in [0.05, 0.1) is 17.3 Å². The van der Waals surface area contributed by atoms with E-state index in [0.717, 1.165) is 42.4 Å². The fourth-order valence-electron chi connectivity index (χ4n) is 7.97. The Morgan fingerprint density at radius 2 is 2.00 bits per heavy atom. The maximum absolute atomic E-state index is 11.1. The first-order chi connectivity index (χ1) is 16.3. The van der Waals surface area contributed by atoms with Crippen molar-refractivity contribution < 1.29 is 19.4 Å². The van der Waals surface area contributed by atoms with Crippen molar-refractivity contribution in [2.45, 2.75) is 68.5 Å². The Kier molecular flexibility index (Phi) is 4.15. The zero-order valence-electron chi connectivity index (χ0n) is 20.0. The molecule has 1 aromatic carbocycles. The number of aliphatic hydroxyl groups is 2. The molecule has 2 spiro atoms. The van der Waals surface area contributed by atoms with Crippen molar-refractivity contribution in [3.63, 3.8) is 0 Å². The van der Waals surface area contributed by atoms with E-state index in [-0.39, 0.29) is 17.1 Å². The monoisotopic (exact) mass is 460 g/mol. The lowest BCUT2D eigenvalue weighted by Gasteiger charge is -2.55. The summed E-state index contributed by atoms with van der Waals surface area (Å²) >= 11 is 0. The molecule has 6 heteroatoms. The molecule has 1 saturated carbocycles. The van der Waals surface area contributed by atoms with E-state index in [4.69, 9.17) is 9.15 Å². The summed E-state index contributed by atoms with van der Waals surface area (Å²) < 4.78 is 12.7. The third-order valence-corrected chi connectivity index (χ3v) is 9.73. The Bertz CT molecular complexity index is 1290. The third kappa shape index (κ3) is 2.47. The molecule has 178 valence electrons. The molecule has 0 radical (unpaired) electrons. The van der Waals surface area contributed by atoms with Crippen LogP contribution >= 0.6 is 0 Å². The lowest BCUT2D eigenvalue weighted by molar-refractivity contribution is -0.161. The average Bonchev–Trinajstić information content (AvgIpc) is 3.50. The van der Waals surface area contributed by atoms with E-state index >= 15 is 0 Å². The van der Waals surface area contributed by atoms with Crippen LogP contribution in [-0.4, -0.2) is 63.6 Å². The van der Waals surface area contributed by atoms with Gasteiger partial charge in [0.25, 0.3) is 0 Å². The minimum atomic E-state index is -0.891.